The van der Waals surface area contributed by atoms with Gasteiger partial charge in [-0.05, 0) is 42.0 Å². The van der Waals surface area contributed by atoms with Gasteiger partial charge in [-0.2, -0.15) is 0 Å². The largest absolute Gasteiger partial charge is 0.493 e. The number of amides is 3. The van der Waals surface area contributed by atoms with Crippen molar-refractivity contribution in [1.29, 1.82) is 0 Å². The summed E-state index contributed by atoms with van der Waals surface area (Å²) in [5, 5.41) is 10.9. The van der Waals surface area contributed by atoms with Crippen molar-refractivity contribution >= 4 is 39.9 Å². The van der Waals surface area contributed by atoms with E-state index in [2.05, 4.69) is 20.9 Å². The maximum atomic E-state index is 12.7. The number of nitrogens with one attached hydrogen (secondary N) is 3. The highest BCUT2D eigenvalue weighted by Gasteiger charge is 2.23. The van der Waals surface area contributed by atoms with E-state index in [0.29, 0.717) is 23.7 Å². The Kier molecular flexibility index (Phi) is 5.10. The van der Waals surface area contributed by atoms with Crippen LogP contribution in [0.5, 0.6) is 5.75 Å². The molecule has 3 amide bonds. The number of thiazole rings is 1. The van der Waals surface area contributed by atoms with Crippen LogP contribution < -0.4 is 20.7 Å². The fourth-order valence-corrected chi connectivity index (χ4v) is 4.67. The van der Waals surface area contributed by atoms with Crippen LogP contribution in [0.3, 0.4) is 0 Å². The number of carbonyl (C=O) groups excluding carboxylic acids is 3. The molecule has 32 heavy (non-hydrogen) atoms. The van der Waals surface area contributed by atoms with E-state index in [0.717, 1.165) is 33.8 Å². The number of ether oxygens (including phenoxy) is 1. The van der Waals surface area contributed by atoms with Gasteiger partial charge < -0.3 is 15.4 Å². The van der Waals surface area contributed by atoms with E-state index in [4.69, 9.17) is 4.74 Å². The summed E-state index contributed by atoms with van der Waals surface area (Å²) in [7, 11) is 0. The third-order valence-electron chi connectivity index (χ3n) is 5.44. The predicted molar refractivity (Wildman–Crippen MR) is 121 cm³/mol. The smallest absolute Gasteiger partial charge is 0.257 e. The van der Waals surface area contributed by atoms with Crippen molar-refractivity contribution in [2.24, 2.45) is 0 Å². The van der Waals surface area contributed by atoms with E-state index in [-0.39, 0.29) is 30.2 Å². The Morgan fingerprint density at radius 1 is 1.22 bits per heavy atom. The number of hydrogen-bond acceptors (Lipinski definition) is 6. The molecule has 1 atom stereocenters. The minimum Gasteiger partial charge on any atom is -0.493 e. The molecule has 1 unspecified atom stereocenters. The van der Waals surface area contributed by atoms with Crippen LogP contribution in [0.25, 0.3) is 11.3 Å². The average Bonchev–Trinajstić information content (AvgIpc) is 3.38. The van der Waals surface area contributed by atoms with Crippen LogP contribution in [0.15, 0.2) is 41.8 Å². The van der Waals surface area contributed by atoms with Gasteiger partial charge >= 0.3 is 0 Å². The minimum absolute atomic E-state index is 0.0710. The molecule has 3 N–H and O–H groups in total. The monoisotopic (exact) mass is 448 g/mol. The zero-order valence-electron chi connectivity index (χ0n) is 17.2. The number of rotatable bonds is 4. The normalized spacial score (nSPS) is 16.4. The van der Waals surface area contributed by atoms with Gasteiger partial charge in [0.15, 0.2) is 5.13 Å². The SMILES string of the molecule is CC(=O)NC1CCOc2ccc(-c3csc(NC(=O)c4ccc5c(c4)CC(=O)N5)n3)cc21. The molecular formula is C23H20N4O4S. The van der Waals surface area contributed by atoms with Gasteiger partial charge in [0.2, 0.25) is 11.8 Å². The Balaban J connectivity index is 1.34. The summed E-state index contributed by atoms with van der Waals surface area (Å²) in [6.07, 6.45) is 0.982. The zero-order chi connectivity index (χ0) is 22.2. The maximum Gasteiger partial charge on any atom is 0.257 e. The molecule has 0 saturated heterocycles. The molecule has 162 valence electrons. The van der Waals surface area contributed by atoms with Gasteiger partial charge in [-0.1, -0.05) is 0 Å². The topological polar surface area (TPSA) is 109 Å². The van der Waals surface area contributed by atoms with Gasteiger partial charge in [0, 0.05) is 41.1 Å². The lowest BCUT2D eigenvalue weighted by atomic mass is 9.97. The third-order valence-corrected chi connectivity index (χ3v) is 6.20. The number of fused-ring (bicyclic) bond motifs is 2. The summed E-state index contributed by atoms with van der Waals surface area (Å²) < 4.78 is 5.72. The molecule has 0 spiro atoms. The first kappa shape index (κ1) is 20.2. The summed E-state index contributed by atoms with van der Waals surface area (Å²) in [5.74, 6) is 0.321. The summed E-state index contributed by atoms with van der Waals surface area (Å²) in [6.45, 7) is 2.06. The number of anilines is 2. The van der Waals surface area contributed by atoms with Crippen molar-refractivity contribution in [3.05, 3.63) is 58.5 Å². The number of benzene rings is 2. The zero-order valence-corrected chi connectivity index (χ0v) is 18.0. The summed E-state index contributed by atoms with van der Waals surface area (Å²) in [5.41, 5.74) is 4.56. The Bertz CT molecular complexity index is 1250. The molecular weight excluding hydrogens is 428 g/mol. The van der Waals surface area contributed by atoms with Crippen LogP contribution in [0.1, 0.15) is 40.9 Å². The van der Waals surface area contributed by atoms with Crippen molar-refractivity contribution in [3.8, 4) is 17.0 Å². The predicted octanol–water partition coefficient (Wildman–Crippen LogP) is 3.52. The highest BCUT2D eigenvalue weighted by atomic mass is 32.1. The molecule has 5 rings (SSSR count). The Labute approximate surface area is 188 Å². The van der Waals surface area contributed by atoms with Crippen LogP contribution in [-0.4, -0.2) is 29.3 Å². The molecule has 3 aromatic rings. The summed E-state index contributed by atoms with van der Waals surface area (Å²) in [6, 6.07) is 10.8. The number of carbonyl (C=O) groups is 3. The third kappa shape index (κ3) is 3.94. The van der Waals surface area contributed by atoms with E-state index in [1.165, 1.54) is 18.3 Å². The van der Waals surface area contributed by atoms with Crippen molar-refractivity contribution in [3.63, 3.8) is 0 Å². The first-order valence-corrected chi connectivity index (χ1v) is 11.1. The molecule has 0 radical (unpaired) electrons. The van der Waals surface area contributed by atoms with Gasteiger partial charge in [-0.3, -0.25) is 19.7 Å². The van der Waals surface area contributed by atoms with Crippen molar-refractivity contribution < 1.29 is 19.1 Å². The molecule has 2 aliphatic rings. The van der Waals surface area contributed by atoms with E-state index in [1.54, 1.807) is 18.2 Å². The first-order valence-electron chi connectivity index (χ1n) is 10.2. The second kappa shape index (κ2) is 8.08. The standard InChI is InChI=1S/C23H20N4O4S/c1-12(28)24-18-6-7-31-20-5-3-13(9-16(18)20)19-11-32-23(26-19)27-22(30)14-2-4-17-15(8-14)10-21(29)25-17/h2-5,8-9,11,18H,6-7,10H2,1H3,(H,24,28)(H,25,29)(H,26,27,30). The average molecular weight is 449 g/mol. The lowest BCUT2D eigenvalue weighted by Crippen LogP contribution is -2.30. The highest BCUT2D eigenvalue weighted by molar-refractivity contribution is 7.14. The molecule has 0 aliphatic carbocycles. The Morgan fingerprint density at radius 2 is 2.09 bits per heavy atom. The van der Waals surface area contributed by atoms with Crippen LogP contribution in [0, 0.1) is 0 Å². The highest BCUT2D eigenvalue weighted by Crippen LogP contribution is 2.36. The molecule has 9 heteroatoms. The fourth-order valence-electron chi connectivity index (χ4n) is 3.95. The molecule has 0 bridgehead atoms. The van der Waals surface area contributed by atoms with Gasteiger partial charge in [0.25, 0.3) is 5.91 Å². The lowest BCUT2D eigenvalue weighted by molar-refractivity contribution is -0.120. The van der Waals surface area contributed by atoms with Crippen molar-refractivity contribution in [2.75, 3.05) is 17.2 Å². The number of nitrogens with zero attached hydrogens (tertiary/aromatic N) is 1. The van der Waals surface area contributed by atoms with Crippen LogP contribution in [0.2, 0.25) is 0 Å². The molecule has 0 fully saturated rings. The molecule has 2 aliphatic heterocycles. The molecule has 1 aromatic heterocycles. The molecule has 8 nitrogen and oxygen atoms in total. The second-order valence-corrected chi connectivity index (χ2v) is 8.59. The van der Waals surface area contributed by atoms with Gasteiger partial charge in [-0.15, -0.1) is 11.3 Å². The Hall–Kier alpha value is -3.72. The Morgan fingerprint density at radius 3 is 2.94 bits per heavy atom. The number of hydrogen-bond donors (Lipinski definition) is 3. The van der Waals surface area contributed by atoms with Crippen LogP contribution in [0.4, 0.5) is 10.8 Å². The van der Waals surface area contributed by atoms with Gasteiger partial charge in [0.05, 0.1) is 24.8 Å². The van der Waals surface area contributed by atoms with Crippen LogP contribution >= 0.6 is 11.3 Å². The van der Waals surface area contributed by atoms with Crippen molar-refractivity contribution in [2.45, 2.75) is 25.8 Å². The maximum absolute atomic E-state index is 12.7. The van der Waals surface area contributed by atoms with Gasteiger partial charge in [-0.25, -0.2) is 4.98 Å². The molecule has 2 aromatic carbocycles. The van der Waals surface area contributed by atoms with Crippen LogP contribution in [-0.2, 0) is 16.0 Å². The molecule has 3 heterocycles. The minimum atomic E-state index is -0.280. The summed E-state index contributed by atoms with van der Waals surface area (Å²) in [4.78, 5) is 40.3. The molecule has 0 saturated carbocycles. The van der Waals surface area contributed by atoms with Crippen molar-refractivity contribution in [1.82, 2.24) is 10.3 Å². The van der Waals surface area contributed by atoms with E-state index in [1.807, 2.05) is 23.6 Å². The quantitative estimate of drug-likeness (QED) is 0.566. The second-order valence-electron chi connectivity index (χ2n) is 7.73. The van der Waals surface area contributed by atoms with E-state index < -0.39 is 0 Å². The van der Waals surface area contributed by atoms with Gasteiger partial charge in [0.1, 0.15) is 5.75 Å². The first-order chi connectivity index (χ1) is 15.5. The fraction of sp³-hybridized carbons (Fsp3) is 0.217. The summed E-state index contributed by atoms with van der Waals surface area (Å²) >= 11 is 1.33. The lowest BCUT2D eigenvalue weighted by Gasteiger charge is -2.26. The van der Waals surface area contributed by atoms with E-state index in [9.17, 15) is 14.4 Å². The van der Waals surface area contributed by atoms with E-state index >= 15 is 0 Å². The number of aromatic nitrogens is 1.